The molecule has 2 aromatic rings. The lowest BCUT2D eigenvalue weighted by Gasteiger charge is -2.28. The van der Waals surface area contributed by atoms with Crippen molar-refractivity contribution < 1.29 is 4.42 Å². The first-order valence-electron chi connectivity index (χ1n) is 8.48. The molecule has 1 N–H and O–H groups in total. The molecule has 1 aliphatic carbocycles. The van der Waals surface area contributed by atoms with Crippen molar-refractivity contribution in [3.8, 4) is 0 Å². The molecule has 0 bridgehead atoms. The minimum atomic E-state index is 0.293. The Morgan fingerprint density at radius 3 is 2.57 bits per heavy atom. The van der Waals surface area contributed by atoms with Gasteiger partial charge in [-0.1, -0.05) is 44.4 Å². The number of benzene rings is 1. The van der Waals surface area contributed by atoms with Crippen molar-refractivity contribution in [1.82, 2.24) is 5.32 Å². The molecule has 1 heterocycles. The van der Waals surface area contributed by atoms with Crippen molar-refractivity contribution in [2.75, 3.05) is 6.54 Å². The van der Waals surface area contributed by atoms with E-state index in [1.54, 1.807) is 0 Å². The smallest absolute Gasteiger partial charge is 0.134 e. The molecule has 0 radical (unpaired) electrons. The largest absolute Gasteiger partial charge is 0.459 e. The van der Waals surface area contributed by atoms with E-state index in [4.69, 9.17) is 4.42 Å². The van der Waals surface area contributed by atoms with Crippen molar-refractivity contribution in [2.45, 2.75) is 52.0 Å². The van der Waals surface area contributed by atoms with Crippen LogP contribution in [0, 0.1) is 11.8 Å². The summed E-state index contributed by atoms with van der Waals surface area (Å²) in [5.74, 6) is 2.88. The fourth-order valence-corrected chi connectivity index (χ4v) is 3.50. The Balaban J connectivity index is 1.53. The summed E-state index contributed by atoms with van der Waals surface area (Å²) in [7, 11) is 0. The van der Waals surface area contributed by atoms with Crippen molar-refractivity contribution in [1.29, 1.82) is 0 Å². The summed E-state index contributed by atoms with van der Waals surface area (Å²) in [4.78, 5) is 0. The highest BCUT2D eigenvalue weighted by Crippen LogP contribution is 2.31. The van der Waals surface area contributed by atoms with E-state index in [0.29, 0.717) is 6.04 Å². The Morgan fingerprint density at radius 2 is 1.86 bits per heavy atom. The van der Waals surface area contributed by atoms with Gasteiger partial charge >= 0.3 is 0 Å². The van der Waals surface area contributed by atoms with E-state index in [1.165, 1.54) is 37.5 Å². The summed E-state index contributed by atoms with van der Waals surface area (Å²) < 4.78 is 5.94. The van der Waals surface area contributed by atoms with Gasteiger partial charge in [0.25, 0.3) is 0 Å². The third-order valence-corrected chi connectivity index (χ3v) is 5.13. The van der Waals surface area contributed by atoms with Crippen LogP contribution in [-0.4, -0.2) is 6.54 Å². The van der Waals surface area contributed by atoms with Gasteiger partial charge in [-0.25, -0.2) is 0 Å². The minimum Gasteiger partial charge on any atom is -0.459 e. The molecule has 1 atom stereocenters. The zero-order valence-electron chi connectivity index (χ0n) is 13.3. The molecule has 1 aromatic carbocycles. The van der Waals surface area contributed by atoms with E-state index in [1.807, 2.05) is 12.1 Å². The van der Waals surface area contributed by atoms with Crippen molar-refractivity contribution in [3.63, 3.8) is 0 Å². The van der Waals surface area contributed by atoms with E-state index in [-0.39, 0.29) is 0 Å². The molecule has 2 heteroatoms. The van der Waals surface area contributed by atoms with Gasteiger partial charge in [-0.3, -0.25) is 0 Å². The third-order valence-electron chi connectivity index (χ3n) is 5.13. The second kappa shape index (κ2) is 6.65. The number of rotatable bonds is 5. The number of furan rings is 1. The molecule has 114 valence electrons. The Labute approximate surface area is 127 Å². The number of fused-ring (bicyclic) bond motifs is 1. The zero-order valence-corrected chi connectivity index (χ0v) is 13.3. The van der Waals surface area contributed by atoms with Gasteiger partial charge in [0.15, 0.2) is 0 Å². The number of hydrogen-bond acceptors (Lipinski definition) is 2. The van der Waals surface area contributed by atoms with Crippen LogP contribution in [0.5, 0.6) is 0 Å². The van der Waals surface area contributed by atoms with Crippen molar-refractivity contribution >= 4 is 11.0 Å². The maximum absolute atomic E-state index is 5.94. The predicted molar refractivity (Wildman–Crippen MR) is 88.4 cm³/mol. The van der Waals surface area contributed by atoms with Gasteiger partial charge in [-0.05, 0) is 50.3 Å². The lowest BCUT2D eigenvalue weighted by molar-refractivity contribution is 0.255. The maximum Gasteiger partial charge on any atom is 0.134 e. The molecule has 2 nitrogen and oxygen atoms in total. The van der Waals surface area contributed by atoms with E-state index in [9.17, 15) is 0 Å². The second-order valence-electron chi connectivity index (χ2n) is 6.61. The second-order valence-corrected chi connectivity index (χ2v) is 6.61. The van der Waals surface area contributed by atoms with Crippen molar-refractivity contribution in [2.24, 2.45) is 11.8 Å². The average molecular weight is 285 g/mol. The molecular formula is C19H27NO. The minimum absolute atomic E-state index is 0.293. The molecule has 0 aliphatic heterocycles. The van der Waals surface area contributed by atoms with Gasteiger partial charge in [0.2, 0.25) is 0 Å². The number of nitrogens with one attached hydrogen (secondary N) is 1. The Kier molecular flexibility index (Phi) is 4.64. The molecule has 0 amide bonds. The highest BCUT2D eigenvalue weighted by molar-refractivity contribution is 5.77. The molecule has 1 fully saturated rings. The number of hydrogen-bond donors (Lipinski definition) is 1. The van der Waals surface area contributed by atoms with Crippen LogP contribution in [0.25, 0.3) is 11.0 Å². The SMILES string of the molecule is CCC1CCC(CNC(C)c2cc3ccccc3o2)CC1. The first kappa shape index (κ1) is 14.6. The highest BCUT2D eigenvalue weighted by Gasteiger charge is 2.20. The van der Waals surface area contributed by atoms with E-state index in [0.717, 1.165) is 29.7 Å². The Bertz CT molecular complexity index is 533. The standard InChI is InChI=1S/C19H27NO/c1-3-15-8-10-16(11-9-15)13-20-14(2)19-12-17-6-4-5-7-18(17)21-19/h4-7,12,14-16,20H,3,8-11,13H2,1-2H3. The van der Waals surface area contributed by atoms with Crippen LogP contribution in [-0.2, 0) is 0 Å². The molecule has 0 saturated heterocycles. The first-order chi connectivity index (χ1) is 10.3. The van der Waals surface area contributed by atoms with Crippen LogP contribution in [0.3, 0.4) is 0 Å². The van der Waals surface area contributed by atoms with E-state index in [2.05, 4.69) is 37.4 Å². The van der Waals surface area contributed by atoms with Crippen LogP contribution in [0.15, 0.2) is 34.7 Å². The molecule has 21 heavy (non-hydrogen) atoms. The van der Waals surface area contributed by atoms with Crippen LogP contribution in [0.1, 0.15) is 57.8 Å². The van der Waals surface area contributed by atoms with Gasteiger partial charge in [-0.15, -0.1) is 0 Å². The van der Waals surface area contributed by atoms with E-state index < -0.39 is 0 Å². The summed E-state index contributed by atoms with van der Waals surface area (Å²) in [6.45, 7) is 5.65. The monoisotopic (exact) mass is 285 g/mol. The first-order valence-corrected chi connectivity index (χ1v) is 8.48. The van der Waals surface area contributed by atoms with Crippen molar-refractivity contribution in [3.05, 3.63) is 36.1 Å². The summed E-state index contributed by atoms with van der Waals surface area (Å²) in [5, 5.41) is 4.87. The molecular weight excluding hydrogens is 258 g/mol. The van der Waals surface area contributed by atoms with Crippen LogP contribution < -0.4 is 5.32 Å². The molecule has 1 aliphatic rings. The molecule has 1 aromatic heterocycles. The summed E-state index contributed by atoms with van der Waals surface area (Å²) in [6.07, 6.45) is 6.97. The third kappa shape index (κ3) is 3.49. The summed E-state index contributed by atoms with van der Waals surface area (Å²) in [6, 6.07) is 10.7. The molecule has 1 unspecified atom stereocenters. The fraction of sp³-hybridized carbons (Fsp3) is 0.579. The fourth-order valence-electron chi connectivity index (χ4n) is 3.50. The van der Waals surface area contributed by atoms with Gasteiger partial charge in [0, 0.05) is 5.39 Å². The lowest BCUT2D eigenvalue weighted by Crippen LogP contribution is -2.28. The van der Waals surface area contributed by atoms with Crippen LogP contribution >= 0.6 is 0 Å². The van der Waals surface area contributed by atoms with Gasteiger partial charge < -0.3 is 9.73 Å². The number of para-hydroxylation sites is 1. The topological polar surface area (TPSA) is 25.2 Å². The van der Waals surface area contributed by atoms with Gasteiger partial charge in [0.05, 0.1) is 6.04 Å². The summed E-state index contributed by atoms with van der Waals surface area (Å²) >= 11 is 0. The van der Waals surface area contributed by atoms with Gasteiger partial charge in [0.1, 0.15) is 11.3 Å². The quantitative estimate of drug-likeness (QED) is 0.806. The summed E-state index contributed by atoms with van der Waals surface area (Å²) in [5.41, 5.74) is 0.990. The highest BCUT2D eigenvalue weighted by atomic mass is 16.3. The van der Waals surface area contributed by atoms with Crippen LogP contribution in [0.2, 0.25) is 0 Å². The lowest BCUT2D eigenvalue weighted by atomic mass is 9.81. The molecule has 3 rings (SSSR count). The normalized spacial score (nSPS) is 24.3. The maximum atomic E-state index is 5.94. The Hall–Kier alpha value is -1.28. The molecule has 0 spiro atoms. The van der Waals surface area contributed by atoms with Gasteiger partial charge in [-0.2, -0.15) is 0 Å². The van der Waals surface area contributed by atoms with E-state index >= 15 is 0 Å². The Morgan fingerprint density at radius 1 is 1.14 bits per heavy atom. The molecule has 1 saturated carbocycles. The average Bonchev–Trinajstić information content (AvgIpc) is 2.97. The van der Waals surface area contributed by atoms with Crippen LogP contribution in [0.4, 0.5) is 0 Å². The zero-order chi connectivity index (χ0) is 14.7. The predicted octanol–water partition coefficient (Wildman–Crippen LogP) is 5.30.